The Morgan fingerprint density at radius 1 is 1.00 bits per heavy atom. The molecule has 0 aliphatic heterocycles. The summed E-state index contributed by atoms with van der Waals surface area (Å²) in [5.74, 6) is 0.0534. The van der Waals surface area contributed by atoms with Crippen LogP contribution in [-0.2, 0) is 25.9 Å². The molecule has 2 aromatic heterocycles. The van der Waals surface area contributed by atoms with Crippen molar-refractivity contribution in [1.29, 1.82) is 0 Å². The molecule has 0 atom stereocenters. The highest BCUT2D eigenvalue weighted by atomic mass is 16.3. The third-order valence-electron chi connectivity index (χ3n) is 5.03. The van der Waals surface area contributed by atoms with Gasteiger partial charge in [-0.3, -0.25) is 0 Å². The Labute approximate surface area is 160 Å². The van der Waals surface area contributed by atoms with Crippen LogP contribution in [0.2, 0.25) is 0 Å². The van der Waals surface area contributed by atoms with E-state index in [1.807, 2.05) is 33.5 Å². The molecule has 0 bridgehead atoms. The van der Waals surface area contributed by atoms with E-state index in [0.29, 0.717) is 13.0 Å². The topological polar surface area (TPSA) is 63.2 Å². The van der Waals surface area contributed by atoms with Crippen molar-refractivity contribution in [3.05, 3.63) is 65.9 Å². The fourth-order valence-electron chi connectivity index (χ4n) is 3.57. The van der Waals surface area contributed by atoms with Gasteiger partial charge < -0.3 is 19.3 Å². The number of aromatic hydroxyl groups is 2. The van der Waals surface area contributed by atoms with E-state index in [1.165, 1.54) is 5.56 Å². The van der Waals surface area contributed by atoms with Gasteiger partial charge in [0.25, 0.3) is 0 Å². The first-order valence-corrected chi connectivity index (χ1v) is 9.82. The summed E-state index contributed by atoms with van der Waals surface area (Å²) in [7, 11) is 0. The van der Waals surface area contributed by atoms with Crippen molar-refractivity contribution in [3.63, 3.8) is 0 Å². The fraction of sp³-hybridized carbons (Fsp3) is 0.409. The minimum absolute atomic E-state index is 0.00180. The van der Waals surface area contributed by atoms with Crippen LogP contribution in [0, 0.1) is 0 Å². The summed E-state index contributed by atoms with van der Waals surface area (Å²) in [6, 6.07) is 10.2. The number of imidazole rings is 1. The molecular weight excluding hydrogens is 338 g/mol. The minimum atomic E-state index is -0.00180. The molecule has 27 heavy (non-hydrogen) atoms. The first kappa shape index (κ1) is 19.1. The zero-order valence-corrected chi connectivity index (χ0v) is 16.0. The highest BCUT2D eigenvalue weighted by Gasteiger charge is 2.21. The van der Waals surface area contributed by atoms with Crippen molar-refractivity contribution in [2.24, 2.45) is 0 Å². The molecule has 0 aliphatic carbocycles. The second-order valence-corrected chi connectivity index (χ2v) is 7.02. The van der Waals surface area contributed by atoms with Crippen molar-refractivity contribution in [1.82, 2.24) is 14.1 Å². The fourth-order valence-corrected chi connectivity index (χ4v) is 3.57. The van der Waals surface area contributed by atoms with E-state index in [-0.39, 0.29) is 11.6 Å². The highest BCUT2D eigenvalue weighted by Crippen LogP contribution is 2.37. The molecule has 0 aliphatic rings. The number of unbranched alkanes of at least 4 members (excludes halogenated alkanes) is 2. The highest BCUT2D eigenvalue weighted by molar-refractivity contribution is 5.48. The molecular formula is C22H29N3O2. The number of benzene rings is 1. The van der Waals surface area contributed by atoms with Crippen LogP contribution in [0.25, 0.3) is 0 Å². The van der Waals surface area contributed by atoms with Gasteiger partial charge >= 0.3 is 0 Å². The molecule has 0 spiro atoms. The van der Waals surface area contributed by atoms with Gasteiger partial charge in [0, 0.05) is 43.2 Å². The summed E-state index contributed by atoms with van der Waals surface area (Å²) in [5, 5.41) is 21.2. The first-order valence-electron chi connectivity index (χ1n) is 9.82. The van der Waals surface area contributed by atoms with Gasteiger partial charge in [-0.2, -0.15) is 0 Å². The molecule has 0 saturated carbocycles. The number of nitrogens with zero attached hydrogens (tertiary/aromatic N) is 3. The molecule has 0 saturated heterocycles. The molecule has 144 valence electrons. The predicted octanol–water partition coefficient (Wildman–Crippen LogP) is 4.51. The lowest BCUT2D eigenvalue weighted by atomic mass is 10.0. The minimum Gasteiger partial charge on any atom is -0.503 e. The van der Waals surface area contributed by atoms with Gasteiger partial charge in [-0.05, 0) is 24.8 Å². The number of aryl methyl sites for hydroxylation is 1. The van der Waals surface area contributed by atoms with Gasteiger partial charge in [0.2, 0.25) is 5.88 Å². The van der Waals surface area contributed by atoms with Crippen molar-refractivity contribution in [3.8, 4) is 11.6 Å². The standard InChI is InChI=1S/C22H29N3O2/c1-2-3-5-11-19-20(16-18-9-6-4-7-10-18)25(22(27)21(19)26)14-8-13-24-15-12-23-17-24/h4,6-7,9-10,12,15,17,26-27H,2-3,5,8,11,13-14,16H2,1H3. The Morgan fingerprint density at radius 2 is 1.81 bits per heavy atom. The van der Waals surface area contributed by atoms with Crippen LogP contribution in [0.1, 0.15) is 49.4 Å². The molecule has 2 N–H and O–H groups in total. The van der Waals surface area contributed by atoms with Gasteiger partial charge in [-0.15, -0.1) is 0 Å². The molecule has 0 unspecified atom stereocenters. The smallest absolute Gasteiger partial charge is 0.235 e. The molecule has 3 rings (SSSR count). The maximum atomic E-state index is 10.6. The molecule has 0 amide bonds. The van der Waals surface area contributed by atoms with Crippen LogP contribution in [0.4, 0.5) is 0 Å². The lowest BCUT2D eigenvalue weighted by Crippen LogP contribution is -2.08. The zero-order chi connectivity index (χ0) is 19.1. The quantitative estimate of drug-likeness (QED) is 0.518. The summed E-state index contributed by atoms with van der Waals surface area (Å²) < 4.78 is 3.92. The number of rotatable bonds is 10. The van der Waals surface area contributed by atoms with E-state index >= 15 is 0 Å². The van der Waals surface area contributed by atoms with E-state index in [4.69, 9.17) is 0 Å². The summed E-state index contributed by atoms with van der Waals surface area (Å²) in [6.07, 6.45) is 11.1. The third-order valence-corrected chi connectivity index (χ3v) is 5.03. The predicted molar refractivity (Wildman–Crippen MR) is 107 cm³/mol. The van der Waals surface area contributed by atoms with Gasteiger partial charge in [0.15, 0.2) is 5.75 Å². The average molecular weight is 367 g/mol. The first-order chi connectivity index (χ1) is 13.2. The number of hydrogen-bond donors (Lipinski definition) is 2. The lowest BCUT2D eigenvalue weighted by Gasteiger charge is -2.12. The Morgan fingerprint density at radius 3 is 2.52 bits per heavy atom. The Hall–Kier alpha value is -2.69. The monoisotopic (exact) mass is 367 g/mol. The van der Waals surface area contributed by atoms with Crippen molar-refractivity contribution >= 4 is 0 Å². The SMILES string of the molecule is CCCCCc1c(O)c(O)n(CCCn2ccnc2)c1Cc1ccccc1. The molecule has 5 heteroatoms. The Bertz CT molecular complexity index is 823. The van der Waals surface area contributed by atoms with E-state index in [9.17, 15) is 10.2 Å². The number of aromatic nitrogens is 3. The normalized spacial score (nSPS) is 11.1. The largest absolute Gasteiger partial charge is 0.503 e. The summed E-state index contributed by atoms with van der Waals surface area (Å²) in [5.41, 5.74) is 3.10. The van der Waals surface area contributed by atoms with E-state index in [2.05, 4.69) is 24.0 Å². The molecule has 1 aromatic carbocycles. The van der Waals surface area contributed by atoms with Crippen molar-refractivity contribution in [2.45, 2.75) is 58.5 Å². The average Bonchev–Trinajstić information content (AvgIpc) is 3.27. The maximum Gasteiger partial charge on any atom is 0.235 e. The second kappa shape index (κ2) is 9.31. The Kier molecular flexibility index (Phi) is 6.58. The summed E-state index contributed by atoms with van der Waals surface area (Å²) >= 11 is 0. The molecule has 0 radical (unpaired) electrons. The van der Waals surface area contributed by atoms with Crippen molar-refractivity contribution < 1.29 is 10.2 Å². The van der Waals surface area contributed by atoms with E-state index in [0.717, 1.165) is 49.9 Å². The Balaban J connectivity index is 1.83. The second-order valence-electron chi connectivity index (χ2n) is 7.02. The summed E-state index contributed by atoms with van der Waals surface area (Å²) in [4.78, 5) is 4.07. The van der Waals surface area contributed by atoms with Crippen LogP contribution < -0.4 is 0 Å². The molecule has 5 nitrogen and oxygen atoms in total. The van der Waals surface area contributed by atoms with Gasteiger partial charge in [-0.25, -0.2) is 4.98 Å². The molecule has 3 aromatic rings. The van der Waals surface area contributed by atoms with Crippen LogP contribution in [0.5, 0.6) is 11.6 Å². The molecule has 0 fully saturated rings. The maximum absolute atomic E-state index is 10.6. The van der Waals surface area contributed by atoms with Gasteiger partial charge in [0.1, 0.15) is 0 Å². The van der Waals surface area contributed by atoms with Crippen molar-refractivity contribution in [2.75, 3.05) is 0 Å². The third kappa shape index (κ3) is 4.73. The van der Waals surface area contributed by atoms with E-state index in [1.54, 1.807) is 12.5 Å². The van der Waals surface area contributed by atoms with E-state index < -0.39 is 0 Å². The van der Waals surface area contributed by atoms with Gasteiger partial charge in [-0.1, -0.05) is 50.1 Å². The lowest BCUT2D eigenvalue weighted by molar-refractivity contribution is 0.364. The molecule has 2 heterocycles. The summed E-state index contributed by atoms with van der Waals surface area (Å²) in [6.45, 7) is 3.66. The van der Waals surface area contributed by atoms with Gasteiger partial charge in [0.05, 0.1) is 6.33 Å². The van der Waals surface area contributed by atoms with Crippen LogP contribution in [0.3, 0.4) is 0 Å². The number of hydrogen-bond acceptors (Lipinski definition) is 3. The zero-order valence-electron chi connectivity index (χ0n) is 16.0. The van der Waals surface area contributed by atoms with Crippen LogP contribution in [0.15, 0.2) is 49.1 Å². The van der Waals surface area contributed by atoms with Crippen LogP contribution >= 0.6 is 0 Å². The van der Waals surface area contributed by atoms with Crippen LogP contribution in [-0.4, -0.2) is 24.3 Å².